The molecule has 0 radical (unpaired) electrons. The Morgan fingerprint density at radius 1 is 1.03 bits per heavy atom. The lowest BCUT2D eigenvalue weighted by Crippen LogP contribution is -2.25. The number of ether oxygens (including phenoxy) is 2. The van der Waals surface area contributed by atoms with Gasteiger partial charge < -0.3 is 14.6 Å². The monoisotopic (exact) mass is 496 g/mol. The molecule has 1 unspecified atom stereocenters. The summed E-state index contributed by atoms with van der Waals surface area (Å²) < 4.78 is 11.5. The van der Waals surface area contributed by atoms with Crippen LogP contribution < -0.4 is 0 Å². The second-order valence-corrected chi connectivity index (χ2v) is 10.2. The molecule has 1 heterocycles. The summed E-state index contributed by atoms with van der Waals surface area (Å²) in [7, 11) is 0. The van der Waals surface area contributed by atoms with Gasteiger partial charge in [-0.25, -0.2) is 4.79 Å². The first kappa shape index (κ1) is 25.0. The topological polar surface area (TPSA) is 72.8 Å². The molecule has 0 bridgehead atoms. The van der Waals surface area contributed by atoms with Crippen LogP contribution in [0.5, 0.6) is 0 Å². The summed E-state index contributed by atoms with van der Waals surface area (Å²) in [4.78, 5) is 25.0. The predicted octanol–water partition coefficient (Wildman–Crippen LogP) is 5.86. The first-order valence-electron chi connectivity index (χ1n) is 12.9. The summed E-state index contributed by atoms with van der Waals surface area (Å²) in [6.07, 6.45) is 3.04. The van der Waals surface area contributed by atoms with Gasteiger partial charge in [-0.15, -0.1) is 0 Å². The second-order valence-electron chi connectivity index (χ2n) is 10.2. The number of hydrogen-bond acceptors (Lipinski definition) is 5. The number of esters is 2. The number of aliphatic hydroxyl groups is 1. The fourth-order valence-electron chi connectivity index (χ4n) is 5.48. The van der Waals surface area contributed by atoms with Gasteiger partial charge in [-0.3, -0.25) is 4.79 Å². The van der Waals surface area contributed by atoms with Gasteiger partial charge in [0.2, 0.25) is 0 Å². The Morgan fingerprint density at radius 2 is 1.76 bits per heavy atom. The molecule has 3 aromatic rings. The molecule has 6 atom stereocenters. The van der Waals surface area contributed by atoms with Crippen molar-refractivity contribution in [3.63, 3.8) is 0 Å². The van der Waals surface area contributed by atoms with Gasteiger partial charge in [0.25, 0.3) is 0 Å². The first-order valence-corrected chi connectivity index (χ1v) is 12.9. The molecule has 190 valence electrons. The summed E-state index contributed by atoms with van der Waals surface area (Å²) >= 11 is 0. The minimum absolute atomic E-state index is 0.0662. The standard InChI is InChI=1S/C32H32O5/c1-20-7-6-10-25(17-20)21(2)28(33)16-15-26-27-18-31(34)36-30(27)19-29(26)37-32(35)24-13-11-23(12-14-24)22-8-4-3-5-9-22/h3-17,21,26-30,33H,18-19H2,1-2H3/b16-15+/t21-,26-,27-,28?,29-,30+/m1/s1. The molecule has 37 heavy (non-hydrogen) atoms. The van der Waals surface area contributed by atoms with E-state index in [4.69, 9.17) is 9.47 Å². The van der Waals surface area contributed by atoms with Crippen LogP contribution in [0.3, 0.4) is 0 Å². The second kappa shape index (κ2) is 10.7. The first-order chi connectivity index (χ1) is 17.9. The quantitative estimate of drug-likeness (QED) is 0.328. The highest BCUT2D eigenvalue weighted by Crippen LogP contribution is 2.44. The van der Waals surface area contributed by atoms with Crippen LogP contribution in [0.15, 0.2) is 91.0 Å². The molecule has 5 rings (SSSR count). The van der Waals surface area contributed by atoms with Gasteiger partial charge in [0.15, 0.2) is 0 Å². The van der Waals surface area contributed by atoms with E-state index >= 15 is 0 Å². The summed E-state index contributed by atoms with van der Waals surface area (Å²) in [6, 6.07) is 25.5. The number of fused-ring (bicyclic) bond motifs is 1. The SMILES string of the molecule is Cc1cccc([C@@H](C)C(O)/C=C/[C@@H]2[C@H]3CC(=O)O[C@H]3C[C@H]2OC(=O)c2ccc(-c3ccccc3)cc2)c1. The van der Waals surface area contributed by atoms with Crippen molar-refractivity contribution in [2.45, 2.75) is 50.9 Å². The van der Waals surface area contributed by atoms with E-state index in [1.54, 1.807) is 18.2 Å². The van der Waals surface area contributed by atoms with Crippen molar-refractivity contribution in [2.75, 3.05) is 0 Å². The molecule has 0 aromatic heterocycles. The lowest BCUT2D eigenvalue weighted by atomic mass is 9.89. The average molecular weight is 497 g/mol. The van der Waals surface area contributed by atoms with Crippen molar-refractivity contribution in [1.29, 1.82) is 0 Å². The van der Waals surface area contributed by atoms with E-state index in [0.29, 0.717) is 18.4 Å². The molecular formula is C32H32O5. The van der Waals surface area contributed by atoms with E-state index in [-0.39, 0.29) is 29.8 Å². The Labute approximate surface area is 217 Å². The molecule has 2 aliphatic rings. The fraction of sp³-hybridized carbons (Fsp3) is 0.312. The lowest BCUT2D eigenvalue weighted by molar-refractivity contribution is -0.141. The zero-order valence-electron chi connectivity index (χ0n) is 21.1. The van der Waals surface area contributed by atoms with Gasteiger partial charge in [0, 0.05) is 24.2 Å². The van der Waals surface area contributed by atoms with Crippen LogP contribution in [-0.4, -0.2) is 35.4 Å². The summed E-state index contributed by atoms with van der Waals surface area (Å²) in [5.41, 5.74) is 4.78. The summed E-state index contributed by atoms with van der Waals surface area (Å²) in [5.74, 6) is -0.989. The van der Waals surface area contributed by atoms with Crippen molar-refractivity contribution in [1.82, 2.24) is 0 Å². The van der Waals surface area contributed by atoms with E-state index in [1.807, 2.05) is 80.6 Å². The van der Waals surface area contributed by atoms with E-state index in [9.17, 15) is 14.7 Å². The third-order valence-corrected chi connectivity index (χ3v) is 7.65. The highest BCUT2D eigenvalue weighted by molar-refractivity contribution is 5.90. The molecular weight excluding hydrogens is 464 g/mol. The maximum atomic E-state index is 13.0. The Morgan fingerprint density at radius 3 is 2.49 bits per heavy atom. The highest BCUT2D eigenvalue weighted by atomic mass is 16.6. The Hall–Kier alpha value is -3.70. The fourth-order valence-corrected chi connectivity index (χ4v) is 5.48. The van der Waals surface area contributed by atoms with Crippen LogP contribution in [0.4, 0.5) is 0 Å². The van der Waals surface area contributed by atoms with Gasteiger partial charge in [-0.1, -0.05) is 91.4 Å². The van der Waals surface area contributed by atoms with Crippen molar-refractivity contribution in [3.8, 4) is 11.1 Å². The van der Waals surface area contributed by atoms with Gasteiger partial charge in [-0.2, -0.15) is 0 Å². The number of hydrogen-bond donors (Lipinski definition) is 1. The molecule has 1 aliphatic heterocycles. The molecule has 2 fully saturated rings. The van der Waals surface area contributed by atoms with Gasteiger partial charge in [-0.05, 0) is 35.7 Å². The number of carbonyl (C=O) groups is 2. The van der Waals surface area contributed by atoms with Crippen LogP contribution >= 0.6 is 0 Å². The van der Waals surface area contributed by atoms with Crippen LogP contribution in [0.1, 0.15) is 47.2 Å². The molecule has 5 nitrogen and oxygen atoms in total. The zero-order chi connectivity index (χ0) is 25.9. The minimum atomic E-state index is -0.708. The smallest absolute Gasteiger partial charge is 0.338 e. The molecule has 1 saturated carbocycles. The molecule has 5 heteroatoms. The molecule has 1 N–H and O–H groups in total. The van der Waals surface area contributed by atoms with Crippen LogP contribution in [0, 0.1) is 18.8 Å². The average Bonchev–Trinajstić information content (AvgIpc) is 3.42. The third kappa shape index (κ3) is 5.52. The summed E-state index contributed by atoms with van der Waals surface area (Å²) in [5, 5.41) is 10.9. The maximum absolute atomic E-state index is 13.0. The summed E-state index contributed by atoms with van der Waals surface area (Å²) in [6.45, 7) is 4.02. The molecule has 1 aliphatic carbocycles. The molecule has 0 amide bonds. The third-order valence-electron chi connectivity index (χ3n) is 7.65. The van der Waals surface area contributed by atoms with Gasteiger partial charge in [0.1, 0.15) is 12.2 Å². The molecule has 1 saturated heterocycles. The van der Waals surface area contributed by atoms with Crippen molar-refractivity contribution >= 4 is 11.9 Å². The number of carbonyl (C=O) groups excluding carboxylic acids is 2. The van der Waals surface area contributed by atoms with Crippen molar-refractivity contribution in [3.05, 3.63) is 108 Å². The van der Waals surface area contributed by atoms with Crippen LogP contribution in [0.2, 0.25) is 0 Å². The Bertz CT molecular complexity index is 1280. The van der Waals surface area contributed by atoms with E-state index in [2.05, 4.69) is 6.07 Å². The Balaban J connectivity index is 1.29. The van der Waals surface area contributed by atoms with E-state index in [1.165, 1.54) is 0 Å². The number of rotatable bonds is 7. The number of aliphatic hydroxyl groups excluding tert-OH is 1. The van der Waals surface area contributed by atoms with E-state index < -0.39 is 18.2 Å². The lowest BCUT2D eigenvalue weighted by Gasteiger charge is -2.22. The van der Waals surface area contributed by atoms with Crippen molar-refractivity contribution < 1.29 is 24.2 Å². The number of benzene rings is 3. The van der Waals surface area contributed by atoms with Crippen LogP contribution in [-0.2, 0) is 14.3 Å². The Kier molecular flexibility index (Phi) is 7.24. The maximum Gasteiger partial charge on any atom is 0.338 e. The zero-order valence-corrected chi connectivity index (χ0v) is 21.1. The number of aryl methyl sites for hydroxylation is 1. The largest absolute Gasteiger partial charge is 0.462 e. The predicted molar refractivity (Wildman–Crippen MR) is 142 cm³/mol. The highest BCUT2D eigenvalue weighted by Gasteiger charge is 2.50. The molecule has 0 spiro atoms. The normalized spacial score (nSPS) is 24.5. The van der Waals surface area contributed by atoms with Gasteiger partial charge >= 0.3 is 11.9 Å². The van der Waals surface area contributed by atoms with Crippen LogP contribution in [0.25, 0.3) is 11.1 Å². The van der Waals surface area contributed by atoms with E-state index in [0.717, 1.165) is 22.3 Å². The van der Waals surface area contributed by atoms with Gasteiger partial charge in [0.05, 0.1) is 18.1 Å². The molecule has 3 aromatic carbocycles. The van der Waals surface area contributed by atoms with Crippen molar-refractivity contribution in [2.24, 2.45) is 11.8 Å². The minimum Gasteiger partial charge on any atom is -0.462 e.